The van der Waals surface area contributed by atoms with Gasteiger partial charge in [-0.2, -0.15) is 5.10 Å². The third-order valence-electron chi connectivity index (χ3n) is 3.92. The zero-order chi connectivity index (χ0) is 19.5. The lowest BCUT2D eigenvalue weighted by Crippen LogP contribution is -2.42. The van der Waals surface area contributed by atoms with E-state index >= 15 is 0 Å². The van der Waals surface area contributed by atoms with E-state index in [0.717, 1.165) is 11.3 Å². The molecule has 0 atom stereocenters. The Bertz CT molecular complexity index is 645. The molecule has 1 aliphatic rings. The first-order valence-electron chi connectivity index (χ1n) is 8.76. The summed E-state index contributed by atoms with van der Waals surface area (Å²) in [6, 6.07) is 7.40. The molecule has 8 nitrogen and oxygen atoms in total. The second kappa shape index (κ2) is 11.5. The van der Waals surface area contributed by atoms with E-state index in [2.05, 4.69) is 15.8 Å². The normalized spacial score (nSPS) is 14.6. The van der Waals surface area contributed by atoms with Crippen molar-refractivity contribution in [3.63, 3.8) is 0 Å². The predicted molar refractivity (Wildman–Crippen MR) is 107 cm³/mol. The van der Waals surface area contributed by atoms with Gasteiger partial charge >= 0.3 is 0 Å². The lowest BCUT2D eigenvalue weighted by atomic mass is 10.1. The van der Waals surface area contributed by atoms with Gasteiger partial charge < -0.3 is 24.4 Å². The summed E-state index contributed by atoms with van der Waals surface area (Å²) in [4.78, 5) is 13.8. The van der Waals surface area contributed by atoms with E-state index < -0.39 is 0 Å². The van der Waals surface area contributed by atoms with Gasteiger partial charge in [-0.1, -0.05) is 0 Å². The fourth-order valence-electron chi connectivity index (χ4n) is 2.35. The van der Waals surface area contributed by atoms with Crippen molar-refractivity contribution in [3.05, 3.63) is 29.8 Å². The number of morpholine rings is 1. The Hall–Kier alpha value is -2.23. The number of rotatable bonds is 8. The molecule has 148 valence electrons. The molecule has 0 aliphatic carbocycles. The molecule has 0 aromatic heterocycles. The van der Waals surface area contributed by atoms with Gasteiger partial charge in [-0.15, -0.1) is 0 Å². The second-order valence-electron chi connectivity index (χ2n) is 5.86. The monoisotopic (exact) mass is 394 g/mol. The number of carbonyl (C=O) groups excluding carboxylic acids is 1. The van der Waals surface area contributed by atoms with E-state index in [4.69, 9.17) is 26.4 Å². The van der Waals surface area contributed by atoms with Crippen molar-refractivity contribution in [2.75, 3.05) is 53.2 Å². The molecule has 1 heterocycles. The summed E-state index contributed by atoms with van der Waals surface area (Å²) in [5, 5.41) is 7.66. The Kier molecular flexibility index (Phi) is 8.96. The third kappa shape index (κ3) is 7.49. The van der Waals surface area contributed by atoms with Gasteiger partial charge in [-0.05, 0) is 49.0 Å². The average Bonchev–Trinajstić information content (AvgIpc) is 2.71. The standard InChI is InChI=1S/C18H26N4O4S/c1-14(20-21-18(27)19-7-10-24-2)15-3-5-16(6-4-15)26-13-17(23)22-8-11-25-12-9-22/h3-6H,7-13H2,1-2H3,(H2,19,21,27)/b20-14-. The summed E-state index contributed by atoms with van der Waals surface area (Å²) in [5.74, 6) is 0.608. The van der Waals surface area contributed by atoms with Gasteiger partial charge in [0.25, 0.3) is 5.91 Å². The molecule has 9 heteroatoms. The number of nitrogens with zero attached hydrogens (tertiary/aromatic N) is 2. The molecule has 0 saturated carbocycles. The molecular weight excluding hydrogens is 368 g/mol. The molecule has 1 aromatic rings. The summed E-state index contributed by atoms with van der Waals surface area (Å²) in [7, 11) is 1.63. The number of hydrogen-bond acceptors (Lipinski definition) is 6. The Morgan fingerprint density at radius 2 is 2.00 bits per heavy atom. The van der Waals surface area contributed by atoms with Crippen molar-refractivity contribution >= 4 is 28.9 Å². The summed E-state index contributed by atoms with van der Waals surface area (Å²) in [6.45, 7) is 5.49. The number of amides is 1. The van der Waals surface area contributed by atoms with E-state index in [0.29, 0.717) is 50.3 Å². The van der Waals surface area contributed by atoms with Crippen LogP contribution in [-0.2, 0) is 14.3 Å². The number of carbonyl (C=O) groups is 1. The van der Waals surface area contributed by atoms with Crippen LogP contribution in [0, 0.1) is 0 Å². The van der Waals surface area contributed by atoms with Crippen LogP contribution >= 0.6 is 12.2 Å². The van der Waals surface area contributed by atoms with E-state index in [1.54, 1.807) is 12.0 Å². The maximum absolute atomic E-state index is 12.1. The molecule has 0 bridgehead atoms. The lowest BCUT2D eigenvalue weighted by molar-refractivity contribution is -0.137. The molecule has 2 rings (SSSR count). The highest BCUT2D eigenvalue weighted by Crippen LogP contribution is 2.13. The van der Waals surface area contributed by atoms with Crippen LogP contribution in [0.1, 0.15) is 12.5 Å². The Morgan fingerprint density at radius 3 is 2.67 bits per heavy atom. The topological polar surface area (TPSA) is 84.4 Å². The molecule has 0 spiro atoms. The minimum Gasteiger partial charge on any atom is -0.484 e. The quantitative estimate of drug-likeness (QED) is 0.291. The fourth-order valence-corrected chi connectivity index (χ4v) is 2.49. The third-order valence-corrected chi connectivity index (χ3v) is 4.15. The first-order chi connectivity index (χ1) is 13.1. The first kappa shape index (κ1) is 21.1. The SMILES string of the molecule is COCCNC(=S)N/N=C(/C)c1ccc(OCC(=O)N2CCOCC2)cc1. The molecule has 1 saturated heterocycles. The molecule has 0 radical (unpaired) electrons. The van der Waals surface area contributed by atoms with E-state index in [1.165, 1.54) is 0 Å². The molecular formula is C18H26N4O4S. The number of ether oxygens (including phenoxy) is 3. The Labute approximate surface area is 164 Å². The van der Waals surface area contributed by atoms with Crippen LogP contribution in [0.3, 0.4) is 0 Å². The lowest BCUT2D eigenvalue weighted by Gasteiger charge is -2.26. The maximum Gasteiger partial charge on any atom is 0.260 e. The van der Waals surface area contributed by atoms with E-state index in [1.807, 2.05) is 31.2 Å². The van der Waals surface area contributed by atoms with Crippen molar-refractivity contribution in [2.45, 2.75) is 6.92 Å². The molecule has 1 amide bonds. The number of hydrazone groups is 1. The molecule has 1 aliphatic heterocycles. The van der Waals surface area contributed by atoms with Crippen molar-refractivity contribution in [2.24, 2.45) is 5.10 Å². The van der Waals surface area contributed by atoms with Gasteiger partial charge in [-0.25, -0.2) is 0 Å². The number of hydrogen-bond donors (Lipinski definition) is 2. The number of nitrogens with one attached hydrogen (secondary N) is 2. The van der Waals surface area contributed by atoms with Gasteiger partial charge in [0.2, 0.25) is 0 Å². The van der Waals surface area contributed by atoms with Crippen molar-refractivity contribution in [1.29, 1.82) is 0 Å². The number of methoxy groups -OCH3 is 1. The van der Waals surface area contributed by atoms with Crippen LogP contribution in [0.5, 0.6) is 5.75 Å². The minimum atomic E-state index is -0.0289. The van der Waals surface area contributed by atoms with Gasteiger partial charge in [0.05, 0.1) is 25.5 Å². The van der Waals surface area contributed by atoms with Crippen molar-refractivity contribution in [3.8, 4) is 5.75 Å². The summed E-state index contributed by atoms with van der Waals surface area (Å²) >= 11 is 5.12. The zero-order valence-corrected chi connectivity index (χ0v) is 16.5. The van der Waals surface area contributed by atoms with Crippen LogP contribution < -0.4 is 15.5 Å². The number of benzene rings is 1. The largest absolute Gasteiger partial charge is 0.484 e. The fraction of sp³-hybridized carbons (Fsp3) is 0.500. The highest BCUT2D eigenvalue weighted by Gasteiger charge is 2.17. The van der Waals surface area contributed by atoms with Gasteiger partial charge in [0.1, 0.15) is 5.75 Å². The Balaban J connectivity index is 1.78. The second-order valence-corrected chi connectivity index (χ2v) is 6.27. The van der Waals surface area contributed by atoms with Crippen LogP contribution in [0.15, 0.2) is 29.4 Å². The first-order valence-corrected chi connectivity index (χ1v) is 9.17. The summed E-state index contributed by atoms with van der Waals surface area (Å²) in [5.41, 5.74) is 4.50. The van der Waals surface area contributed by atoms with E-state index in [-0.39, 0.29) is 12.5 Å². The van der Waals surface area contributed by atoms with Gasteiger partial charge in [0.15, 0.2) is 11.7 Å². The molecule has 1 aromatic carbocycles. The predicted octanol–water partition coefficient (Wildman–Crippen LogP) is 0.759. The highest BCUT2D eigenvalue weighted by molar-refractivity contribution is 7.80. The maximum atomic E-state index is 12.1. The zero-order valence-electron chi connectivity index (χ0n) is 15.7. The van der Waals surface area contributed by atoms with Crippen molar-refractivity contribution in [1.82, 2.24) is 15.6 Å². The van der Waals surface area contributed by atoms with Crippen molar-refractivity contribution < 1.29 is 19.0 Å². The Morgan fingerprint density at radius 1 is 1.30 bits per heavy atom. The van der Waals surface area contributed by atoms with Crippen LogP contribution in [0.25, 0.3) is 0 Å². The molecule has 0 unspecified atom stereocenters. The number of thiocarbonyl (C=S) groups is 1. The van der Waals surface area contributed by atoms with Crippen LogP contribution in [-0.4, -0.2) is 74.8 Å². The summed E-state index contributed by atoms with van der Waals surface area (Å²) in [6.07, 6.45) is 0. The smallest absolute Gasteiger partial charge is 0.260 e. The average molecular weight is 394 g/mol. The molecule has 27 heavy (non-hydrogen) atoms. The van der Waals surface area contributed by atoms with E-state index in [9.17, 15) is 4.79 Å². The summed E-state index contributed by atoms with van der Waals surface area (Å²) < 4.78 is 15.8. The molecule has 1 fully saturated rings. The van der Waals surface area contributed by atoms with Crippen LogP contribution in [0.4, 0.5) is 0 Å². The van der Waals surface area contributed by atoms with Gasteiger partial charge in [0, 0.05) is 26.7 Å². The van der Waals surface area contributed by atoms with Gasteiger partial charge in [-0.3, -0.25) is 10.2 Å². The molecule has 2 N–H and O–H groups in total. The highest BCUT2D eigenvalue weighted by atomic mass is 32.1. The van der Waals surface area contributed by atoms with Crippen LogP contribution in [0.2, 0.25) is 0 Å². The minimum absolute atomic E-state index is 0.0232.